The van der Waals surface area contributed by atoms with Gasteiger partial charge in [-0.15, -0.1) is 12.4 Å². The molecule has 0 saturated carbocycles. The molecule has 1 rings (SSSR count). The number of aromatic nitrogens is 1. The number of hydrogen-bond acceptors (Lipinski definition) is 3. The van der Waals surface area contributed by atoms with Crippen LogP contribution in [0, 0.1) is 0 Å². The van der Waals surface area contributed by atoms with Crippen molar-refractivity contribution in [2.75, 3.05) is 5.32 Å². The normalized spacial score (nSPS) is 11.5. The van der Waals surface area contributed by atoms with Gasteiger partial charge in [-0.3, -0.25) is 9.59 Å². The van der Waals surface area contributed by atoms with Gasteiger partial charge in [0.15, 0.2) is 0 Å². The number of hydrogen-bond donors (Lipinski definition) is 2. The summed E-state index contributed by atoms with van der Waals surface area (Å²) >= 11 is 3.23. The van der Waals surface area contributed by atoms with Crippen LogP contribution in [0.4, 0.5) is 5.69 Å². The maximum absolute atomic E-state index is 11.6. The first-order valence-electron chi connectivity index (χ1n) is 4.34. The van der Waals surface area contributed by atoms with Crippen molar-refractivity contribution in [1.29, 1.82) is 0 Å². The van der Waals surface area contributed by atoms with Crippen molar-refractivity contribution >= 4 is 39.9 Å². The van der Waals surface area contributed by atoms with E-state index in [9.17, 15) is 9.59 Å². The Kier molecular flexibility index (Phi) is 5.71. The molecular weight excluding hydrogens is 297 g/mol. The topological polar surface area (TPSA) is 77.1 Å². The third-order valence-electron chi connectivity index (χ3n) is 1.82. The average molecular weight is 311 g/mol. The van der Waals surface area contributed by atoms with Crippen molar-refractivity contribution in [3.63, 3.8) is 0 Å². The minimum absolute atomic E-state index is 0. The Morgan fingerprint density at radius 3 is 2.69 bits per heavy atom. The lowest BCUT2D eigenvalue weighted by Crippen LogP contribution is -2.35. The standard InChI is InChI=1S/C9H12BrN3O2.ClH/c1-5(11)8(14)12-7-3-6(10)4-13(2)9(7)15;/h3-5H,11H2,1-2H3,(H,12,14);1H. The molecule has 0 aliphatic rings. The monoisotopic (exact) mass is 309 g/mol. The molecule has 1 atom stereocenters. The van der Waals surface area contributed by atoms with E-state index in [0.717, 1.165) is 0 Å². The molecule has 0 aromatic carbocycles. The lowest BCUT2D eigenvalue weighted by atomic mass is 10.3. The molecule has 0 aliphatic heterocycles. The summed E-state index contributed by atoms with van der Waals surface area (Å²) in [4.78, 5) is 22.9. The summed E-state index contributed by atoms with van der Waals surface area (Å²) in [7, 11) is 1.61. The molecule has 0 fully saturated rings. The Morgan fingerprint density at radius 2 is 2.19 bits per heavy atom. The highest BCUT2D eigenvalue weighted by Gasteiger charge is 2.10. The second kappa shape index (κ2) is 6.03. The zero-order valence-corrected chi connectivity index (χ0v) is 11.3. The predicted molar refractivity (Wildman–Crippen MR) is 68.9 cm³/mol. The molecule has 0 bridgehead atoms. The highest BCUT2D eigenvalue weighted by Crippen LogP contribution is 2.11. The molecule has 1 amide bonds. The maximum atomic E-state index is 11.6. The van der Waals surface area contributed by atoms with E-state index in [2.05, 4.69) is 21.2 Å². The smallest absolute Gasteiger partial charge is 0.274 e. The summed E-state index contributed by atoms with van der Waals surface area (Å²) in [5.74, 6) is -0.384. The number of pyridine rings is 1. The van der Waals surface area contributed by atoms with Gasteiger partial charge in [-0.05, 0) is 28.9 Å². The highest BCUT2D eigenvalue weighted by molar-refractivity contribution is 9.10. The zero-order valence-electron chi connectivity index (χ0n) is 8.86. The molecule has 0 radical (unpaired) electrons. The van der Waals surface area contributed by atoms with Gasteiger partial charge < -0.3 is 15.6 Å². The van der Waals surface area contributed by atoms with Crippen molar-refractivity contribution in [3.8, 4) is 0 Å². The van der Waals surface area contributed by atoms with Crippen LogP contribution in [0.25, 0.3) is 0 Å². The van der Waals surface area contributed by atoms with Crippen LogP contribution in [0.1, 0.15) is 6.92 Å². The lowest BCUT2D eigenvalue weighted by molar-refractivity contribution is -0.117. The lowest BCUT2D eigenvalue weighted by Gasteiger charge is -2.08. The number of halogens is 2. The van der Waals surface area contributed by atoms with Crippen molar-refractivity contribution in [3.05, 3.63) is 27.1 Å². The molecule has 1 aromatic heterocycles. The number of anilines is 1. The molecule has 7 heteroatoms. The van der Waals surface area contributed by atoms with Crippen LogP contribution in [-0.2, 0) is 11.8 Å². The van der Waals surface area contributed by atoms with Crippen LogP contribution in [0.15, 0.2) is 21.5 Å². The molecule has 1 aromatic rings. The Bertz CT molecular complexity index is 445. The van der Waals surface area contributed by atoms with E-state index in [1.807, 2.05) is 0 Å². The van der Waals surface area contributed by atoms with Crippen molar-refractivity contribution in [2.24, 2.45) is 12.8 Å². The van der Waals surface area contributed by atoms with Crippen LogP contribution in [0.3, 0.4) is 0 Å². The number of rotatable bonds is 2. The first kappa shape index (κ1) is 15.2. The van der Waals surface area contributed by atoms with Crippen molar-refractivity contribution in [1.82, 2.24) is 4.57 Å². The van der Waals surface area contributed by atoms with Crippen LogP contribution in [0.5, 0.6) is 0 Å². The number of aryl methyl sites for hydroxylation is 1. The van der Waals surface area contributed by atoms with Gasteiger partial charge in [0.1, 0.15) is 5.69 Å². The number of amides is 1. The average Bonchev–Trinajstić information content (AvgIpc) is 2.13. The predicted octanol–water partition coefficient (Wildman–Crippen LogP) is 0.855. The SMILES string of the molecule is CC(N)C(=O)Nc1cc(Br)cn(C)c1=O.Cl. The molecule has 0 spiro atoms. The minimum Gasteiger partial charge on any atom is -0.320 e. The summed E-state index contributed by atoms with van der Waals surface area (Å²) in [5, 5.41) is 2.46. The largest absolute Gasteiger partial charge is 0.320 e. The van der Waals surface area contributed by atoms with Gasteiger partial charge in [-0.1, -0.05) is 0 Å². The summed E-state index contributed by atoms with van der Waals surface area (Å²) in [5.41, 5.74) is 5.32. The number of carbonyl (C=O) groups excluding carboxylic acids is 1. The Hall–Kier alpha value is -0.850. The van der Waals surface area contributed by atoms with E-state index >= 15 is 0 Å². The maximum Gasteiger partial charge on any atom is 0.274 e. The van der Waals surface area contributed by atoms with E-state index in [0.29, 0.717) is 4.47 Å². The van der Waals surface area contributed by atoms with Crippen LogP contribution >= 0.6 is 28.3 Å². The molecule has 1 heterocycles. The summed E-state index contributed by atoms with van der Waals surface area (Å²) < 4.78 is 2.09. The van der Waals surface area contributed by atoms with Crippen LogP contribution in [-0.4, -0.2) is 16.5 Å². The number of carbonyl (C=O) groups is 1. The van der Waals surface area contributed by atoms with E-state index < -0.39 is 6.04 Å². The van der Waals surface area contributed by atoms with Crippen LogP contribution in [0.2, 0.25) is 0 Å². The number of nitrogens with zero attached hydrogens (tertiary/aromatic N) is 1. The van der Waals surface area contributed by atoms with Gasteiger partial charge in [-0.2, -0.15) is 0 Å². The Morgan fingerprint density at radius 1 is 1.62 bits per heavy atom. The molecule has 5 nitrogen and oxygen atoms in total. The molecular formula is C9H13BrClN3O2. The number of nitrogens with two attached hydrogens (primary N) is 1. The molecule has 16 heavy (non-hydrogen) atoms. The minimum atomic E-state index is -0.645. The number of nitrogens with one attached hydrogen (secondary N) is 1. The summed E-state index contributed by atoms with van der Waals surface area (Å²) in [6, 6.07) is 0.900. The Balaban J connectivity index is 0.00000225. The molecule has 0 saturated heterocycles. The van der Waals surface area contributed by atoms with E-state index in [1.54, 1.807) is 26.2 Å². The van der Waals surface area contributed by atoms with E-state index in [4.69, 9.17) is 5.73 Å². The fourth-order valence-electron chi connectivity index (χ4n) is 1.01. The molecule has 1 unspecified atom stereocenters. The fraction of sp³-hybridized carbons (Fsp3) is 0.333. The summed E-state index contributed by atoms with van der Waals surface area (Å²) in [6.45, 7) is 1.55. The third-order valence-corrected chi connectivity index (χ3v) is 2.26. The van der Waals surface area contributed by atoms with Crippen LogP contribution < -0.4 is 16.6 Å². The van der Waals surface area contributed by atoms with Crippen molar-refractivity contribution < 1.29 is 4.79 Å². The molecule has 3 N–H and O–H groups in total. The van der Waals surface area contributed by atoms with Crippen molar-refractivity contribution in [2.45, 2.75) is 13.0 Å². The first-order valence-corrected chi connectivity index (χ1v) is 5.13. The second-order valence-corrected chi connectivity index (χ2v) is 4.18. The third kappa shape index (κ3) is 3.62. The van der Waals surface area contributed by atoms with Gasteiger partial charge in [-0.25, -0.2) is 0 Å². The van der Waals surface area contributed by atoms with Gasteiger partial charge in [0.05, 0.1) is 6.04 Å². The van der Waals surface area contributed by atoms with Gasteiger partial charge in [0.2, 0.25) is 5.91 Å². The highest BCUT2D eigenvalue weighted by atomic mass is 79.9. The Labute approximate surface area is 108 Å². The molecule has 90 valence electrons. The first-order chi connectivity index (χ1) is 6.91. The second-order valence-electron chi connectivity index (χ2n) is 3.27. The quantitative estimate of drug-likeness (QED) is 0.850. The van der Waals surface area contributed by atoms with Gasteiger partial charge >= 0.3 is 0 Å². The zero-order chi connectivity index (χ0) is 11.6. The van der Waals surface area contributed by atoms with E-state index in [-0.39, 0.29) is 29.6 Å². The summed E-state index contributed by atoms with van der Waals surface area (Å²) in [6.07, 6.45) is 1.61. The van der Waals surface area contributed by atoms with Gasteiger partial charge in [0.25, 0.3) is 5.56 Å². The molecule has 0 aliphatic carbocycles. The van der Waals surface area contributed by atoms with Gasteiger partial charge in [0, 0.05) is 17.7 Å². The fourth-order valence-corrected chi connectivity index (χ4v) is 1.54. The van der Waals surface area contributed by atoms with E-state index in [1.165, 1.54) is 4.57 Å².